The van der Waals surface area contributed by atoms with Crippen molar-refractivity contribution < 1.29 is 46.9 Å². The van der Waals surface area contributed by atoms with Gasteiger partial charge in [-0.1, -0.05) is 63.2 Å². The Kier molecular flexibility index (Phi) is 17.6. The number of aryl methyl sites for hydroxylation is 1. The zero-order valence-corrected chi connectivity index (χ0v) is 44.4. The molecule has 4 amide bonds. The van der Waals surface area contributed by atoms with E-state index in [1.165, 1.54) is 11.2 Å². The zero-order valence-electron chi connectivity index (χ0n) is 42.7. The molecule has 5 heterocycles. The highest BCUT2D eigenvalue weighted by atomic mass is 32.2. The van der Waals surface area contributed by atoms with Gasteiger partial charge in [0.25, 0.3) is 0 Å². The lowest BCUT2D eigenvalue weighted by atomic mass is 9.85. The number of fused-ring (bicyclic) bond motifs is 1. The number of hydrogen-bond acceptors (Lipinski definition) is 16. The number of aliphatic hydroxyl groups is 1. The molecule has 2 fully saturated rings. The predicted octanol–water partition coefficient (Wildman–Crippen LogP) is 4.48. The van der Waals surface area contributed by atoms with Crippen molar-refractivity contribution in [2.75, 3.05) is 88.8 Å². The summed E-state index contributed by atoms with van der Waals surface area (Å²) in [6.07, 6.45) is 0.372. The van der Waals surface area contributed by atoms with Crippen LogP contribution in [0.4, 0.5) is 17.3 Å². The van der Waals surface area contributed by atoms with Gasteiger partial charge in [-0.3, -0.25) is 19.2 Å². The Morgan fingerprint density at radius 3 is 2.16 bits per heavy atom. The first kappa shape index (κ1) is 54.4. The van der Waals surface area contributed by atoms with Crippen molar-refractivity contribution in [3.63, 3.8) is 0 Å². The van der Waals surface area contributed by atoms with Gasteiger partial charge in [0.05, 0.1) is 59.2 Å². The van der Waals surface area contributed by atoms with E-state index in [2.05, 4.69) is 35.9 Å². The SMILES string of the molecule is Cc1ncsc1-c1ccc(CNC(=O)[C@@H]2C[C@@H](O)CN2C(=O)[C@@H](NC(=O)COCCOCCOCC(=O)N2CCN(c3ccc(Nc4nc5cccc(-c6ccc(S(C)(=O)=O)cc6)n5n4)cc3)CC2)C(C)(C)C)cc1. The van der Waals surface area contributed by atoms with E-state index in [1.54, 1.807) is 50.5 Å². The maximum atomic E-state index is 14.0. The fourth-order valence-electron chi connectivity index (χ4n) is 8.88. The van der Waals surface area contributed by atoms with Crippen molar-refractivity contribution in [1.82, 2.24) is 40.0 Å². The number of ether oxygens (including phenoxy) is 3. The maximum absolute atomic E-state index is 14.0. The van der Waals surface area contributed by atoms with Gasteiger partial charge in [-0.05, 0) is 72.0 Å². The minimum atomic E-state index is -3.31. The van der Waals surface area contributed by atoms with Crippen molar-refractivity contribution >= 4 is 67.8 Å². The number of thiazole rings is 1. The van der Waals surface area contributed by atoms with Gasteiger partial charge in [-0.25, -0.2) is 17.9 Å². The Labute approximate surface area is 440 Å². The van der Waals surface area contributed by atoms with Crippen molar-refractivity contribution in [3.8, 4) is 21.7 Å². The number of anilines is 3. The molecule has 3 atom stereocenters. The van der Waals surface area contributed by atoms with Gasteiger partial charge in [0.2, 0.25) is 29.6 Å². The Balaban J connectivity index is 0.691. The van der Waals surface area contributed by atoms with Gasteiger partial charge in [0.1, 0.15) is 25.3 Å². The Bertz CT molecular complexity index is 3040. The Morgan fingerprint density at radius 1 is 0.840 bits per heavy atom. The molecule has 22 heteroatoms. The molecule has 0 spiro atoms. The topological polar surface area (TPSA) is 239 Å². The normalized spacial score (nSPS) is 16.5. The first-order chi connectivity index (χ1) is 35.9. The van der Waals surface area contributed by atoms with E-state index in [0.717, 1.165) is 44.3 Å². The van der Waals surface area contributed by atoms with Crippen LogP contribution < -0.4 is 20.9 Å². The standard InChI is InChI=1S/C53H64N10O10S2/c1-35-48(74-34-55-35)38-11-9-36(10-12-38)30-54-50(67)44-29-41(64)31-62(44)51(68)49(53(2,3)4)58-46(65)32-72-27-25-71-26-28-73-33-47(66)61-23-21-60(22-24-61)40-17-15-39(16-18-40)56-52-57-45-8-6-7-43(63(45)59-52)37-13-19-42(20-14-37)75(5,69)70/h6-20,34,41,44,49,64H,21-33H2,1-5H3,(H,54,67)(H,56,59)(H,58,65)/t41-,44+,49-/m1/s1. The second-order valence-corrected chi connectivity index (χ2v) is 22.5. The quantitative estimate of drug-likeness (QED) is 0.0727. The van der Waals surface area contributed by atoms with Crippen LogP contribution in [0.15, 0.2) is 101 Å². The lowest BCUT2D eigenvalue weighted by Crippen LogP contribution is -2.58. The van der Waals surface area contributed by atoms with Gasteiger partial charge >= 0.3 is 0 Å². The second-order valence-electron chi connectivity index (χ2n) is 19.6. The number of piperazine rings is 1. The molecule has 0 aliphatic carbocycles. The number of hydrogen-bond donors (Lipinski definition) is 4. The number of benzene rings is 3. The van der Waals surface area contributed by atoms with Crippen LogP contribution in [0.25, 0.3) is 27.3 Å². The van der Waals surface area contributed by atoms with E-state index in [0.29, 0.717) is 37.8 Å². The molecule has 3 aromatic heterocycles. The average Bonchev–Trinajstić information content (AvgIpc) is 4.14. The Hall–Kier alpha value is -6.82. The lowest BCUT2D eigenvalue weighted by Gasteiger charge is -2.36. The summed E-state index contributed by atoms with van der Waals surface area (Å²) >= 11 is 1.56. The molecule has 398 valence electrons. The van der Waals surface area contributed by atoms with Crippen molar-refractivity contribution in [2.45, 2.75) is 63.7 Å². The number of rotatable bonds is 21. The van der Waals surface area contributed by atoms with Crippen LogP contribution in [0.2, 0.25) is 0 Å². The highest BCUT2D eigenvalue weighted by Crippen LogP contribution is 2.30. The van der Waals surface area contributed by atoms with Gasteiger partial charge in [0, 0.05) is 68.9 Å². The highest BCUT2D eigenvalue weighted by Gasteiger charge is 2.44. The average molecular weight is 1070 g/mol. The van der Waals surface area contributed by atoms with Crippen LogP contribution >= 0.6 is 11.3 Å². The number of likely N-dealkylation sites (tertiary alicyclic amines) is 1. The number of aliphatic hydroxyl groups excluding tert-OH is 1. The molecule has 0 saturated carbocycles. The molecular weight excluding hydrogens is 1000 g/mol. The molecule has 0 unspecified atom stereocenters. The van der Waals surface area contributed by atoms with Crippen LogP contribution in [0.5, 0.6) is 0 Å². The second kappa shape index (κ2) is 24.2. The van der Waals surface area contributed by atoms with Crippen LogP contribution in [0.3, 0.4) is 0 Å². The smallest absolute Gasteiger partial charge is 0.248 e. The number of β-amino-alcohol motifs (C(OH)–C–C–N with tert-alkyl or cyclic N) is 1. The van der Waals surface area contributed by atoms with Crippen LogP contribution in [0.1, 0.15) is 38.4 Å². The number of nitrogens with one attached hydrogen (secondary N) is 3. The summed E-state index contributed by atoms with van der Waals surface area (Å²) in [5.74, 6) is -1.06. The monoisotopic (exact) mass is 1060 g/mol. The van der Waals surface area contributed by atoms with E-state index >= 15 is 0 Å². The Morgan fingerprint density at radius 2 is 1.51 bits per heavy atom. The summed E-state index contributed by atoms with van der Waals surface area (Å²) in [5.41, 5.74) is 7.99. The molecule has 6 aromatic rings. The molecule has 0 radical (unpaired) electrons. The predicted molar refractivity (Wildman–Crippen MR) is 284 cm³/mol. The molecule has 0 bridgehead atoms. The molecule has 75 heavy (non-hydrogen) atoms. The van der Waals surface area contributed by atoms with E-state index in [4.69, 9.17) is 14.2 Å². The molecule has 4 N–H and O–H groups in total. The zero-order chi connectivity index (χ0) is 53.3. The molecule has 8 rings (SSSR count). The first-order valence-corrected chi connectivity index (χ1v) is 27.5. The van der Waals surface area contributed by atoms with E-state index in [-0.39, 0.29) is 75.9 Å². The molecule has 3 aromatic carbocycles. The third kappa shape index (κ3) is 14.1. The molecule has 2 aliphatic rings. The van der Waals surface area contributed by atoms with Crippen LogP contribution in [-0.2, 0) is 49.8 Å². The highest BCUT2D eigenvalue weighted by molar-refractivity contribution is 7.90. The number of carbonyl (C=O) groups is 4. The van der Waals surface area contributed by atoms with Crippen LogP contribution in [0, 0.1) is 12.3 Å². The van der Waals surface area contributed by atoms with E-state index in [9.17, 15) is 32.7 Å². The van der Waals surface area contributed by atoms with E-state index in [1.807, 2.05) is 94.4 Å². The summed E-state index contributed by atoms with van der Waals surface area (Å²) in [4.78, 5) is 69.0. The van der Waals surface area contributed by atoms with Gasteiger partial charge in [-0.15, -0.1) is 16.4 Å². The summed E-state index contributed by atoms with van der Waals surface area (Å²) < 4.78 is 42.3. The largest absolute Gasteiger partial charge is 0.391 e. The number of nitrogens with zero attached hydrogens (tertiary/aromatic N) is 7. The number of amides is 4. The minimum Gasteiger partial charge on any atom is -0.391 e. The van der Waals surface area contributed by atoms with Crippen molar-refractivity contribution in [3.05, 3.63) is 108 Å². The number of sulfone groups is 1. The summed E-state index contributed by atoms with van der Waals surface area (Å²) in [6.45, 7) is 10.3. The first-order valence-electron chi connectivity index (χ1n) is 24.8. The van der Waals surface area contributed by atoms with E-state index < -0.39 is 45.3 Å². The molecular formula is C53H64N10O10S2. The maximum Gasteiger partial charge on any atom is 0.248 e. The third-order valence-corrected chi connectivity index (χ3v) is 15.1. The molecule has 2 saturated heterocycles. The van der Waals surface area contributed by atoms with Crippen molar-refractivity contribution in [1.29, 1.82) is 0 Å². The fraction of sp³-hybridized carbons (Fsp3) is 0.415. The summed E-state index contributed by atoms with van der Waals surface area (Å²) in [5, 5.41) is 24.2. The summed E-state index contributed by atoms with van der Waals surface area (Å²) in [7, 11) is -3.31. The van der Waals surface area contributed by atoms with Gasteiger partial charge in [0.15, 0.2) is 15.5 Å². The van der Waals surface area contributed by atoms with Crippen molar-refractivity contribution in [2.24, 2.45) is 5.41 Å². The molecule has 2 aliphatic heterocycles. The minimum absolute atomic E-state index is 0.0335. The fourth-order valence-corrected chi connectivity index (χ4v) is 10.3. The lowest BCUT2D eigenvalue weighted by molar-refractivity contribution is -0.144. The number of aromatic nitrogens is 4. The third-order valence-electron chi connectivity index (χ3n) is 13.0. The van der Waals surface area contributed by atoms with Gasteiger partial charge in [-0.2, -0.15) is 4.98 Å². The number of carbonyl (C=O) groups excluding carboxylic acids is 4. The molecule has 20 nitrogen and oxygen atoms in total. The van der Waals surface area contributed by atoms with Crippen LogP contribution in [-0.4, -0.2) is 163 Å². The number of pyridine rings is 1. The summed E-state index contributed by atoms with van der Waals surface area (Å²) in [6, 6.07) is 26.1. The van der Waals surface area contributed by atoms with Gasteiger partial charge < -0.3 is 50.0 Å².